The van der Waals surface area contributed by atoms with Crippen molar-refractivity contribution in [2.75, 3.05) is 19.6 Å². The van der Waals surface area contributed by atoms with Crippen molar-refractivity contribution in [1.29, 1.82) is 0 Å². The standard InChI is InChI=1S/C12H14N2O/c15-12-10-4-2-1-3-9(10)11-7-13-5-8(11)6-14-12/h1-4,8,11,13H,5-7H2,(H,14,15)/t8-,11-/m1/s1. The zero-order valence-electron chi connectivity index (χ0n) is 8.49. The number of carbonyl (C=O) groups is 1. The van der Waals surface area contributed by atoms with Gasteiger partial charge in [-0.25, -0.2) is 0 Å². The van der Waals surface area contributed by atoms with Crippen LogP contribution in [-0.4, -0.2) is 25.5 Å². The van der Waals surface area contributed by atoms with Crippen LogP contribution in [0, 0.1) is 5.92 Å². The van der Waals surface area contributed by atoms with Gasteiger partial charge in [0, 0.05) is 31.1 Å². The predicted octanol–water partition coefficient (Wildman–Crippen LogP) is 0.733. The summed E-state index contributed by atoms with van der Waals surface area (Å²) in [6.07, 6.45) is 0. The Morgan fingerprint density at radius 2 is 2.00 bits per heavy atom. The van der Waals surface area contributed by atoms with Crippen molar-refractivity contribution in [1.82, 2.24) is 10.6 Å². The van der Waals surface area contributed by atoms with E-state index in [-0.39, 0.29) is 5.91 Å². The molecule has 2 aliphatic heterocycles. The lowest BCUT2D eigenvalue weighted by atomic mass is 9.87. The van der Waals surface area contributed by atoms with E-state index in [0.717, 1.165) is 25.2 Å². The van der Waals surface area contributed by atoms with Crippen LogP contribution in [0.3, 0.4) is 0 Å². The molecule has 2 N–H and O–H groups in total. The monoisotopic (exact) mass is 202 g/mol. The first-order valence-corrected chi connectivity index (χ1v) is 5.44. The number of amides is 1. The molecule has 0 radical (unpaired) electrons. The highest BCUT2D eigenvalue weighted by Gasteiger charge is 2.33. The van der Waals surface area contributed by atoms with E-state index in [0.29, 0.717) is 11.8 Å². The molecule has 0 aliphatic carbocycles. The number of rotatable bonds is 0. The van der Waals surface area contributed by atoms with Crippen LogP contribution in [0.2, 0.25) is 0 Å². The Hall–Kier alpha value is -1.35. The van der Waals surface area contributed by atoms with Crippen LogP contribution in [0.15, 0.2) is 24.3 Å². The first kappa shape index (κ1) is 8.92. The van der Waals surface area contributed by atoms with E-state index in [1.807, 2.05) is 18.2 Å². The van der Waals surface area contributed by atoms with Crippen molar-refractivity contribution in [3.63, 3.8) is 0 Å². The van der Waals surface area contributed by atoms with E-state index in [2.05, 4.69) is 16.7 Å². The molecule has 1 saturated heterocycles. The minimum absolute atomic E-state index is 0.0833. The lowest BCUT2D eigenvalue weighted by Gasteiger charge is -2.15. The van der Waals surface area contributed by atoms with E-state index in [1.165, 1.54) is 5.56 Å². The Bertz CT molecular complexity index is 402. The topological polar surface area (TPSA) is 41.1 Å². The average Bonchev–Trinajstić information content (AvgIpc) is 2.69. The molecule has 0 unspecified atom stereocenters. The van der Waals surface area contributed by atoms with Crippen molar-refractivity contribution >= 4 is 5.91 Å². The molecule has 2 aliphatic rings. The summed E-state index contributed by atoms with van der Waals surface area (Å²) in [4.78, 5) is 11.8. The molecule has 0 bridgehead atoms. The van der Waals surface area contributed by atoms with Crippen LogP contribution in [0.5, 0.6) is 0 Å². The quantitative estimate of drug-likeness (QED) is 0.651. The first-order chi connectivity index (χ1) is 7.36. The van der Waals surface area contributed by atoms with Gasteiger partial charge in [-0.2, -0.15) is 0 Å². The zero-order valence-corrected chi connectivity index (χ0v) is 8.49. The molecule has 0 spiro atoms. The summed E-state index contributed by atoms with van der Waals surface area (Å²) in [6.45, 7) is 2.81. The highest BCUT2D eigenvalue weighted by molar-refractivity contribution is 5.96. The fraction of sp³-hybridized carbons (Fsp3) is 0.417. The van der Waals surface area contributed by atoms with Gasteiger partial charge in [0.15, 0.2) is 0 Å². The molecule has 1 fully saturated rings. The van der Waals surface area contributed by atoms with E-state index in [4.69, 9.17) is 0 Å². The van der Waals surface area contributed by atoms with Gasteiger partial charge in [0.2, 0.25) is 0 Å². The Morgan fingerprint density at radius 1 is 1.13 bits per heavy atom. The summed E-state index contributed by atoms with van der Waals surface area (Å²) < 4.78 is 0. The Balaban J connectivity index is 2.11. The molecule has 1 amide bonds. The molecule has 3 nitrogen and oxygen atoms in total. The fourth-order valence-electron chi connectivity index (χ4n) is 2.66. The third-order valence-electron chi connectivity index (χ3n) is 3.47. The van der Waals surface area contributed by atoms with Crippen molar-refractivity contribution in [2.45, 2.75) is 5.92 Å². The molecule has 0 aromatic heterocycles. The van der Waals surface area contributed by atoms with Gasteiger partial charge in [0.1, 0.15) is 0 Å². The number of carbonyl (C=O) groups excluding carboxylic acids is 1. The largest absolute Gasteiger partial charge is 0.352 e. The van der Waals surface area contributed by atoms with Crippen LogP contribution in [0.25, 0.3) is 0 Å². The highest BCUT2D eigenvalue weighted by atomic mass is 16.1. The smallest absolute Gasteiger partial charge is 0.251 e. The van der Waals surface area contributed by atoms with Gasteiger partial charge in [-0.1, -0.05) is 18.2 Å². The van der Waals surface area contributed by atoms with Crippen molar-refractivity contribution in [3.8, 4) is 0 Å². The molecular formula is C12H14N2O. The van der Waals surface area contributed by atoms with Gasteiger partial charge in [0.25, 0.3) is 5.91 Å². The van der Waals surface area contributed by atoms with Crippen LogP contribution in [-0.2, 0) is 0 Å². The van der Waals surface area contributed by atoms with Gasteiger partial charge >= 0.3 is 0 Å². The van der Waals surface area contributed by atoms with E-state index in [9.17, 15) is 4.79 Å². The second-order valence-electron chi connectivity index (χ2n) is 4.32. The molecular weight excluding hydrogens is 188 g/mol. The van der Waals surface area contributed by atoms with Gasteiger partial charge in [-0.15, -0.1) is 0 Å². The van der Waals surface area contributed by atoms with Crippen molar-refractivity contribution in [2.24, 2.45) is 5.92 Å². The van der Waals surface area contributed by atoms with Crippen molar-refractivity contribution in [3.05, 3.63) is 35.4 Å². The van der Waals surface area contributed by atoms with E-state index in [1.54, 1.807) is 0 Å². The van der Waals surface area contributed by atoms with Crippen LogP contribution < -0.4 is 10.6 Å². The van der Waals surface area contributed by atoms with Crippen molar-refractivity contribution < 1.29 is 4.79 Å². The van der Waals surface area contributed by atoms with Crippen LogP contribution in [0.1, 0.15) is 21.8 Å². The second-order valence-corrected chi connectivity index (χ2v) is 4.32. The molecule has 1 aromatic rings. The molecule has 15 heavy (non-hydrogen) atoms. The third kappa shape index (κ3) is 1.35. The maximum atomic E-state index is 11.8. The second kappa shape index (κ2) is 3.35. The maximum Gasteiger partial charge on any atom is 0.251 e. The normalized spacial score (nSPS) is 28.9. The minimum Gasteiger partial charge on any atom is -0.352 e. The molecule has 1 aromatic carbocycles. The third-order valence-corrected chi connectivity index (χ3v) is 3.47. The van der Waals surface area contributed by atoms with Gasteiger partial charge in [-0.05, 0) is 17.5 Å². The average molecular weight is 202 g/mol. The summed E-state index contributed by atoms with van der Waals surface area (Å²) in [5.41, 5.74) is 2.07. The predicted molar refractivity (Wildman–Crippen MR) is 57.9 cm³/mol. The number of hydrogen-bond donors (Lipinski definition) is 2. The number of fused-ring (bicyclic) bond motifs is 3. The number of nitrogens with one attached hydrogen (secondary N) is 2. The van der Waals surface area contributed by atoms with Gasteiger partial charge in [0.05, 0.1) is 0 Å². The first-order valence-electron chi connectivity index (χ1n) is 5.44. The van der Waals surface area contributed by atoms with Crippen LogP contribution >= 0.6 is 0 Å². The zero-order chi connectivity index (χ0) is 10.3. The van der Waals surface area contributed by atoms with Gasteiger partial charge in [-0.3, -0.25) is 4.79 Å². The highest BCUT2D eigenvalue weighted by Crippen LogP contribution is 2.31. The SMILES string of the molecule is O=C1NC[C@H]2CNC[C@H]2c2ccccc21. The summed E-state index contributed by atoms with van der Waals surface area (Å²) >= 11 is 0. The minimum atomic E-state index is 0.0833. The Kier molecular flexibility index (Phi) is 1.99. The molecule has 2 heterocycles. The summed E-state index contributed by atoms with van der Waals surface area (Å²) in [6, 6.07) is 7.96. The molecule has 2 atom stereocenters. The molecule has 3 rings (SSSR count). The lowest BCUT2D eigenvalue weighted by molar-refractivity contribution is 0.0952. The summed E-state index contributed by atoms with van der Waals surface area (Å²) in [5.74, 6) is 1.14. The van der Waals surface area contributed by atoms with Gasteiger partial charge < -0.3 is 10.6 Å². The number of benzene rings is 1. The molecule has 3 heteroatoms. The van der Waals surface area contributed by atoms with Crippen LogP contribution in [0.4, 0.5) is 0 Å². The lowest BCUT2D eigenvalue weighted by Crippen LogP contribution is -2.28. The molecule has 0 saturated carbocycles. The molecule has 78 valence electrons. The summed E-state index contributed by atoms with van der Waals surface area (Å²) in [5, 5.41) is 6.39. The van der Waals surface area contributed by atoms with E-state index >= 15 is 0 Å². The maximum absolute atomic E-state index is 11.8. The Labute approximate surface area is 88.9 Å². The number of hydrogen-bond acceptors (Lipinski definition) is 2. The van der Waals surface area contributed by atoms with E-state index < -0.39 is 0 Å². The Morgan fingerprint density at radius 3 is 2.93 bits per heavy atom. The fourth-order valence-corrected chi connectivity index (χ4v) is 2.66. The summed E-state index contributed by atoms with van der Waals surface area (Å²) in [7, 11) is 0.